The normalized spacial score (nSPS) is 11.4. The molecule has 0 amide bonds. The molecule has 0 aliphatic carbocycles. The molecule has 3 aromatic rings. The van der Waals surface area contributed by atoms with Crippen LogP contribution in [0, 0.1) is 6.92 Å². The Bertz CT molecular complexity index is 880. The quantitative estimate of drug-likeness (QED) is 0.499. The minimum absolute atomic E-state index is 0.299. The minimum atomic E-state index is -0.414. The summed E-state index contributed by atoms with van der Waals surface area (Å²) in [6, 6.07) is 19.2. The number of benzene rings is 2. The largest absolute Gasteiger partial charge is 0.462 e. The summed E-state index contributed by atoms with van der Waals surface area (Å²) in [6.45, 7) is 3.88. The van der Waals surface area contributed by atoms with E-state index in [4.69, 9.17) is 9.15 Å². The van der Waals surface area contributed by atoms with E-state index in [1.165, 1.54) is 0 Å². The Morgan fingerprint density at radius 2 is 1.72 bits per heavy atom. The van der Waals surface area contributed by atoms with E-state index in [-0.39, 0.29) is 0 Å². The van der Waals surface area contributed by atoms with Gasteiger partial charge in [-0.1, -0.05) is 48.5 Å². The number of carbonyl (C=O) groups is 1. The molecule has 0 radical (unpaired) electrons. The Morgan fingerprint density at radius 3 is 2.36 bits per heavy atom. The van der Waals surface area contributed by atoms with Gasteiger partial charge in [-0.25, -0.2) is 9.78 Å². The van der Waals surface area contributed by atoms with Crippen LogP contribution in [-0.2, 0) is 9.53 Å². The summed E-state index contributed by atoms with van der Waals surface area (Å²) in [5, 5.41) is 0. The topological polar surface area (TPSA) is 52.3 Å². The van der Waals surface area contributed by atoms with Gasteiger partial charge >= 0.3 is 5.97 Å². The van der Waals surface area contributed by atoms with Crippen molar-refractivity contribution in [2.45, 2.75) is 13.8 Å². The van der Waals surface area contributed by atoms with Gasteiger partial charge in [0.1, 0.15) is 11.5 Å². The van der Waals surface area contributed by atoms with Gasteiger partial charge < -0.3 is 9.15 Å². The van der Waals surface area contributed by atoms with E-state index >= 15 is 0 Å². The van der Waals surface area contributed by atoms with E-state index in [9.17, 15) is 4.79 Å². The van der Waals surface area contributed by atoms with Crippen molar-refractivity contribution in [3.8, 4) is 11.5 Å². The molecule has 3 rings (SSSR count). The third-order valence-electron chi connectivity index (χ3n) is 3.68. The molecular weight excluding hydrogens is 314 g/mol. The summed E-state index contributed by atoms with van der Waals surface area (Å²) in [5.41, 5.74) is 2.65. The fourth-order valence-electron chi connectivity index (χ4n) is 2.50. The zero-order valence-corrected chi connectivity index (χ0v) is 14.2. The summed E-state index contributed by atoms with van der Waals surface area (Å²) in [4.78, 5) is 17.0. The predicted molar refractivity (Wildman–Crippen MR) is 97.6 cm³/mol. The minimum Gasteiger partial charge on any atom is -0.462 e. The Labute approximate surface area is 146 Å². The van der Waals surface area contributed by atoms with E-state index in [0.717, 1.165) is 11.1 Å². The number of esters is 1. The van der Waals surface area contributed by atoms with Crippen LogP contribution in [0.25, 0.3) is 23.1 Å². The fraction of sp³-hybridized carbons (Fsp3) is 0.143. The average Bonchev–Trinajstić information content (AvgIpc) is 3.03. The van der Waals surface area contributed by atoms with Crippen LogP contribution in [0.1, 0.15) is 23.9 Å². The summed E-state index contributed by atoms with van der Waals surface area (Å²) in [6.07, 6.45) is 1.78. The second kappa shape index (κ2) is 7.62. The van der Waals surface area contributed by atoms with E-state index < -0.39 is 5.97 Å². The first kappa shape index (κ1) is 16.7. The molecule has 1 heterocycles. The van der Waals surface area contributed by atoms with E-state index in [1.807, 2.05) is 60.7 Å². The number of carbonyl (C=O) groups excluding carboxylic acids is 1. The number of hydrogen-bond donors (Lipinski definition) is 0. The highest BCUT2D eigenvalue weighted by Gasteiger charge is 2.21. The summed E-state index contributed by atoms with van der Waals surface area (Å²) in [5.74, 6) is 0.646. The van der Waals surface area contributed by atoms with Gasteiger partial charge in [0.25, 0.3) is 0 Å². The number of oxazole rings is 1. The molecule has 0 aliphatic heterocycles. The van der Waals surface area contributed by atoms with Crippen LogP contribution in [0.2, 0.25) is 0 Å². The molecule has 0 unspecified atom stereocenters. The Hall–Kier alpha value is -3.14. The van der Waals surface area contributed by atoms with Crippen molar-refractivity contribution >= 4 is 17.6 Å². The van der Waals surface area contributed by atoms with Gasteiger partial charge in [0.2, 0.25) is 5.89 Å². The maximum atomic E-state index is 12.5. The van der Waals surface area contributed by atoms with Crippen LogP contribution in [0.3, 0.4) is 0 Å². The molecule has 4 nitrogen and oxygen atoms in total. The summed E-state index contributed by atoms with van der Waals surface area (Å²) in [7, 11) is 0. The molecule has 0 spiro atoms. The summed E-state index contributed by atoms with van der Waals surface area (Å²) < 4.78 is 11.0. The molecule has 0 saturated heterocycles. The SMILES string of the molecule is CCOC(=O)/C(=C/c1ccccc1)c1nc(-c2ccccc2)oc1C. The van der Waals surface area contributed by atoms with Gasteiger partial charge in [-0.15, -0.1) is 0 Å². The lowest BCUT2D eigenvalue weighted by molar-refractivity contribution is -0.136. The number of rotatable bonds is 5. The van der Waals surface area contributed by atoms with Gasteiger partial charge in [-0.3, -0.25) is 0 Å². The number of ether oxygens (including phenoxy) is 1. The van der Waals surface area contributed by atoms with Gasteiger partial charge in [-0.05, 0) is 37.6 Å². The number of aromatic nitrogens is 1. The molecule has 0 aliphatic rings. The van der Waals surface area contributed by atoms with Crippen molar-refractivity contribution in [3.05, 3.63) is 77.7 Å². The van der Waals surface area contributed by atoms with Crippen molar-refractivity contribution in [2.24, 2.45) is 0 Å². The maximum absolute atomic E-state index is 12.5. The smallest absolute Gasteiger partial charge is 0.340 e. The molecule has 4 heteroatoms. The molecule has 25 heavy (non-hydrogen) atoms. The fourth-order valence-corrected chi connectivity index (χ4v) is 2.50. The first-order chi connectivity index (χ1) is 12.2. The lowest BCUT2D eigenvalue weighted by atomic mass is 10.1. The second-order valence-electron chi connectivity index (χ2n) is 5.48. The molecule has 0 saturated carbocycles. The van der Waals surface area contributed by atoms with Crippen LogP contribution in [-0.4, -0.2) is 17.6 Å². The number of aryl methyl sites for hydroxylation is 1. The highest BCUT2D eigenvalue weighted by molar-refractivity contribution is 6.21. The van der Waals surface area contributed by atoms with Crippen LogP contribution in [0.5, 0.6) is 0 Å². The molecule has 2 aromatic carbocycles. The van der Waals surface area contributed by atoms with Gasteiger partial charge in [0, 0.05) is 5.56 Å². The third-order valence-corrected chi connectivity index (χ3v) is 3.68. The molecule has 0 bridgehead atoms. The lowest BCUT2D eigenvalue weighted by Crippen LogP contribution is -2.08. The van der Waals surface area contributed by atoms with Crippen molar-refractivity contribution in [3.63, 3.8) is 0 Å². The molecule has 126 valence electrons. The molecule has 0 atom stereocenters. The maximum Gasteiger partial charge on any atom is 0.340 e. The molecular formula is C21H19NO3. The zero-order valence-electron chi connectivity index (χ0n) is 14.2. The van der Waals surface area contributed by atoms with Crippen molar-refractivity contribution in [1.29, 1.82) is 0 Å². The molecule has 1 aromatic heterocycles. The standard InChI is InChI=1S/C21H19NO3/c1-3-24-21(23)18(14-16-10-6-4-7-11-16)19-15(2)25-20(22-19)17-12-8-5-9-13-17/h4-14H,3H2,1-2H3/b18-14+. The predicted octanol–water partition coefficient (Wildman–Crippen LogP) is 4.75. The van der Waals surface area contributed by atoms with Crippen LogP contribution < -0.4 is 0 Å². The van der Waals surface area contributed by atoms with Crippen molar-refractivity contribution in [2.75, 3.05) is 6.61 Å². The van der Waals surface area contributed by atoms with Gasteiger partial charge in [0.05, 0.1) is 12.2 Å². The van der Waals surface area contributed by atoms with Crippen molar-refractivity contribution < 1.29 is 13.9 Å². The average molecular weight is 333 g/mol. The highest BCUT2D eigenvalue weighted by Crippen LogP contribution is 2.28. The van der Waals surface area contributed by atoms with E-state index in [2.05, 4.69) is 4.98 Å². The first-order valence-electron chi connectivity index (χ1n) is 8.16. The second-order valence-corrected chi connectivity index (χ2v) is 5.48. The van der Waals surface area contributed by atoms with Gasteiger partial charge in [0.15, 0.2) is 0 Å². The monoisotopic (exact) mass is 333 g/mol. The van der Waals surface area contributed by atoms with Crippen LogP contribution >= 0.6 is 0 Å². The van der Waals surface area contributed by atoms with Crippen molar-refractivity contribution in [1.82, 2.24) is 4.98 Å². The lowest BCUT2D eigenvalue weighted by Gasteiger charge is -2.05. The third kappa shape index (κ3) is 3.86. The number of nitrogens with zero attached hydrogens (tertiary/aromatic N) is 1. The summed E-state index contributed by atoms with van der Waals surface area (Å²) >= 11 is 0. The van der Waals surface area contributed by atoms with Crippen LogP contribution in [0.15, 0.2) is 65.1 Å². The Morgan fingerprint density at radius 1 is 1.08 bits per heavy atom. The highest BCUT2D eigenvalue weighted by atomic mass is 16.5. The van der Waals surface area contributed by atoms with Gasteiger partial charge in [-0.2, -0.15) is 0 Å². The van der Waals surface area contributed by atoms with E-state index in [0.29, 0.717) is 29.5 Å². The molecule has 0 N–H and O–H groups in total. The van der Waals surface area contributed by atoms with Crippen LogP contribution in [0.4, 0.5) is 0 Å². The molecule has 0 fully saturated rings. The Balaban J connectivity index is 2.06. The van der Waals surface area contributed by atoms with E-state index in [1.54, 1.807) is 19.9 Å². The first-order valence-corrected chi connectivity index (χ1v) is 8.16. The zero-order chi connectivity index (χ0) is 17.6. The Kier molecular flexibility index (Phi) is 5.09. The number of hydrogen-bond acceptors (Lipinski definition) is 4.